The second-order valence-electron chi connectivity index (χ2n) is 7.18. The fourth-order valence-corrected chi connectivity index (χ4v) is 3.37. The van der Waals surface area contributed by atoms with Crippen LogP contribution in [0.15, 0.2) is 42.5 Å². The Labute approximate surface area is 181 Å². The van der Waals surface area contributed by atoms with Crippen molar-refractivity contribution in [1.82, 2.24) is 4.90 Å². The molecule has 1 aliphatic rings. The summed E-state index contributed by atoms with van der Waals surface area (Å²) >= 11 is 0. The molecule has 0 amide bonds. The van der Waals surface area contributed by atoms with Gasteiger partial charge in [0, 0.05) is 37.6 Å². The van der Waals surface area contributed by atoms with Gasteiger partial charge in [0.25, 0.3) is 0 Å². The highest BCUT2D eigenvalue weighted by Crippen LogP contribution is 2.27. The number of aliphatic hydroxyl groups excluding tert-OH is 1. The average molecular weight is 428 g/mol. The molecule has 9 nitrogen and oxygen atoms in total. The number of benzene rings is 2. The molecule has 0 aliphatic carbocycles. The Morgan fingerprint density at radius 3 is 2.58 bits per heavy atom. The average Bonchev–Trinajstić information content (AvgIpc) is 2.79. The van der Waals surface area contributed by atoms with Crippen LogP contribution >= 0.6 is 0 Å². The van der Waals surface area contributed by atoms with Gasteiger partial charge in [0.05, 0.1) is 37.2 Å². The molecule has 0 radical (unpaired) electrons. The minimum absolute atomic E-state index is 0.0531. The van der Waals surface area contributed by atoms with Crippen LogP contribution in [0.25, 0.3) is 0 Å². The Morgan fingerprint density at radius 1 is 1.13 bits per heavy atom. The highest BCUT2D eigenvalue weighted by Gasteiger charge is 2.19. The molecule has 0 saturated carbocycles. The second-order valence-corrected chi connectivity index (χ2v) is 7.18. The summed E-state index contributed by atoms with van der Waals surface area (Å²) in [7, 11) is 1.40. The van der Waals surface area contributed by atoms with E-state index < -0.39 is 5.97 Å². The van der Waals surface area contributed by atoms with Crippen LogP contribution in [0.5, 0.6) is 0 Å². The Kier molecular flexibility index (Phi) is 7.69. The van der Waals surface area contributed by atoms with Crippen molar-refractivity contribution in [2.75, 3.05) is 69.0 Å². The van der Waals surface area contributed by atoms with Crippen molar-refractivity contribution in [2.24, 2.45) is 0 Å². The zero-order valence-electron chi connectivity index (χ0n) is 17.5. The summed E-state index contributed by atoms with van der Waals surface area (Å²) < 4.78 is 9.64. The number of methoxy groups -OCH3 is 1. The zero-order chi connectivity index (χ0) is 22.2. The smallest absolute Gasteiger partial charge is 0.338 e. The molecule has 0 aromatic heterocycles. The number of carbonyl (C=O) groups excluding carboxylic acids is 2. The Bertz CT molecular complexity index is 913. The highest BCUT2D eigenvalue weighted by molar-refractivity contribution is 5.92. The molecule has 166 valence electrons. The molecule has 31 heavy (non-hydrogen) atoms. The third kappa shape index (κ3) is 6.09. The first-order valence-corrected chi connectivity index (χ1v) is 10.1. The summed E-state index contributed by atoms with van der Waals surface area (Å²) in [5.41, 5.74) is 9.48. The predicted molar refractivity (Wildman–Crippen MR) is 119 cm³/mol. The van der Waals surface area contributed by atoms with Gasteiger partial charge in [-0.15, -0.1) is 0 Å². The van der Waals surface area contributed by atoms with Crippen molar-refractivity contribution >= 4 is 34.7 Å². The molecule has 2 aromatic carbocycles. The maximum atomic E-state index is 11.9. The number of carbonyl (C=O) groups is 2. The maximum absolute atomic E-state index is 11.9. The van der Waals surface area contributed by atoms with Crippen LogP contribution < -0.4 is 16.0 Å². The molecule has 1 heterocycles. The standard InChI is InChI=1S/C22H28N4O5/c1-30-21(28)15-25-7-9-26(10-8-25)18-4-2-3-17(14-18)24-20-6-5-16(13-19(20)23)22(29)31-12-11-27/h2-6,13-14,24,27H,7-12,15,23H2,1H3. The van der Waals surface area contributed by atoms with Crippen LogP contribution in [-0.4, -0.2) is 75.0 Å². The number of anilines is 4. The molecule has 0 spiro atoms. The van der Waals surface area contributed by atoms with Crippen molar-refractivity contribution < 1.29 is 24.2 Å². The largest absolute Gasteiger partial charge is 0.468 e. The Hall–Kier alpha value is -3.30. The van der Waals surface area contributed by atoms with Crippen LogP contribution in [0.1, 0.15) is 10.4 Å². The van der Waals surface area contributed by atoms with Gasteiger partial charge in [-0.2, -0.15) is 0 Å². The van der Waals surface area contributed by atoms with Crippen LogP contribution in [0.3, 0.4) is 0 Å². The van der Waals surface area contributed by atoms with Crippen molar-refractivity contribution in [3.63, 3.8) is 0 Å². The number of esters is 2. The number of nitrogens with two attached hydrogens (primary N) is 1. The number of ether oxygens (including phenoxy) is 2. The van der Waals surface area contributed by atoms with Crippen molar-refractivity contribution in [3.05, 3.63) is 48.0 Å². The first kappa shape index (κ1) is 22.4. The molecule has 1 aliphatic heterocycles. The van der Waals surface area contributed by atoms with Crippen LogP contribution in [0.4, 0.5) is 22.7 Å². The number of nitrogen functional groups attached to an aromatic ring is 1. The SMILES string of the molecule is COC(=O)CN1CCN(c2cccc(Nc3ccc(C(=O)OCCO)cc3N)c2)CC1. The third-order valence-corrected chi connectivity index (χ3v) is 5.05. The molecule has 0 bridgehead atoms. The number of rotatable bonds is 8. The quantitative estimate of drug-likeness (QED) is 0.424. The van der Waals surface area contributed by atoms with E-state index in [0.29, 0.717) is 23.5 Å². The van der Waals surface area contributed by atoms with Gasteiger partial charge in [-0.05, 0) is 36.4 Å². The molecule has 3 rings (SSSR count). The van der Waals surface area contributed by atoms with Crippen LogP contribution in [0.2, 0.25) is 0 Å². The number of aliphatic hydroxyl groups is 1. The number of hydrogen-bond donors (Lipinski definition) is 3. The highest BCUT2D eigenvalue weighted by atomic mass is 16.5. The van der Waals surface area contributed by atoms with E-state index >= 15 is 0 Å². The van der Waals surface area contributed by atoms with Crippen molar-refractivity contribution in [3.8, 4) is 0 Å². The van der Waals surface area contributed by atoms with E-state index in [-0.39, 0.29) is 19.2 Å². The van der Waals surface area contributed by atoms with E-state index in [1.807, 2.05) is 24.3 Å². The van der Waals surface area contributed by atoms with E-state index in [1.165, 1.54) is 7.11 Å². The maximum Gasteiger partial charge on any atom is 0.338 e. The van der Waals surface area contributed by atoms with Crippen LogP contribution in [-0.2, 0) is 14.3 Å². The minimum Gasteiger partial charge on any atom is -0.468 e. The van der Waals surface area contributed by atoms with Gasteiger partial charge in [0.2, 0.25) is 0 Å². The normalized spacial score (nSPS) is 14.2. The molecular formula is C22H28N4O5. The summed E-state index contributed by atoms with van der Waals surface area (Å²) in [6.45, 7) is 3.23. The van der Waals surface area contributed by atoms with Crippen LogP contribution in [0, 0.1) is 0 Å². The topological polar surface area (TPSA) is 117 Å². The molecule has 1 fully saturated rings. The fraction of sp³-hybridized carbons (Fsp3) is 0.364. The lowest BCUT2D eigenvalue weighted by atomic mass is 10.1. The Balaban J connectivity index is 1.62. The Morgan fingerprint density at radius 2 is 1.90 bits per heavy atom. The summed E-state index contributed by atoms with van der Waals surface area (Å²) in [6, 6.07) is 12.9. The molecule has 1 saturated heterocycles. The number of hydrogen-bond acceptors (Lipinski definition) is 9. The van der Waals surface area contributed by atoms with Crippen molar-refractivity contribution in [1.29, 1.82) is 0 Å². The fourth-order valence-electron chi connectivity index (χ4n) is 3.37. The van der Waals surface area contributed by atoms with E-state index in [9.17, 15) is 9.59 Å². The summed E-state index contributed by atoms with van der Waals surface area (Å²) in [4.78, 5) is 27.7. The molecule has 0 unspecified atom stereocenters. The van der Waals surface area contributed by atoms with Gasteiger partial charge in [-0.3, -0.25) is 9.69 Å². The molecule has 4 N–H and O–H groups in total. The second kappa shape index (κ2) is 10.6. The predicted octanol–water partition coefficient (Wildman–Crippen LogP) is 1.46. The van der Waals surface area contributed by atoms with Crippen molar-refractivity contribution in [2.45, 2.75) is 0 Å². The van der Waals surface area contributed by atoms with Gasteiger partial charge in [-0.25, -0.2) is 4.79 Å². The van der Waals surface area contributed by atoms with Gasteiger partial charge >= 0.3 is 11.9 Å². The van der Waals surface area contributed by atoms with E-state index in [2.05, 4.69) is 15.1 Å². The first-order chi connectivity index (χ1) is 15.0. The van der Waals surface area contributed by atoms with E-state index in [1.54, 1.807) is 18.2 Å². The molecule has 9 heteroatoms. The lowest BCUT2D eigenvalue weighted by Gasteiger charge is -2.35. The number of nitrogens with zero attached hydrogens (tertiary/aromatic N) is 2. The number of nitrogens with one attached hydrogen (secondary N) is 1. The molecule has 0 atom stereocenters. The van der Waals surface area contributed by atoms with E-state index in [0.717, 1.165) is 37.6 Å². The molecular weight excluding hydrogens is 400 g/mol. The first-order valence-electron chi connectivity index (χ1n) is 10.1. The van der Waals surface area contributed by atoms with Gasteiger partial charge in [0.1, 0.15) is 6.61 Å². The minimum atomic E-state index is -0.527. The molecule has 2 aromatic rings. The van der Waals surface area contributed by atoms with Gasteiger partial charge < -0.3 is 30.5 Å². The monoisotopic (exact) mass is 428 g/mol. The number of piperazine rings is 1. The van der Waals surface area contributed by atoms with Gasteiger partial charge in [0.15, 0.2) is 0 Å². The zero-order valence-corrected chi connectivity index (χ0v) is 17.5. The summed E-state index contributed by atoms with van der Waals surface area (Å²) in [5.74, 6) is -0.745. The lowest BCUT2D eigenvalue weighted by molar-refractivity contribution is -0.142. The lowest BCUT2D eigenvalue weighted by Crippen LogP contribution is -2.48. The third-order valence-electron chi connectivity index (χ3n) is 5.05. The summed E-state index contributed by atoms with van der Waals surface area (Å²) in [5, 5.41) is 12.1. The van der Waals surface area contributed by atoms with E-state index in [4.69, 9.17) is 20.3 Å². The summed E-state index contributed by atoms with van der Waals surface area (Å²) in [6.07, 6.45) is 0. The van der Waals surface area contributed by atoms with Gasteiger partial charge in [-0.1, -0.05) is 6.07 Å².